The number of carbonyl (C=O) groups excluding carboxylic acids is 7. The Labute approximate surface area is 422 Å². The number of alkyl carbamates (subject to hydrolysis) is 1. The van der Waals surface area contributed by atoms with Crippen molar-refractivity contribution in [3.63, 3.8) is 0 Å². The highest BCUT2D eigenvalue weighted by molar-refractivity contribution is 5.98. The Morgan fingerprint density at radius 2 is 1.40 bits per heavy atom. The number of fused-ring (bicyclic) bond motifs is 5. The van der Waals surface area contributed by atoms with E-state index in [-0.39, 0.29) is 32.4 Å². The Morgan fingerprint density at radius 3 is 2.03 bits per heavy atom. The molecule has 4 bridgehead atoms. The molecule has 4 aromatic carbocycles. The first-order valence-electron chi connectivity index (χ1n) is 24.4. The van der Waals surface area contributed by atoms with Crippen LogP contribution < -0.4 is 36.1 Å². The third kappa shape index (κ3) is 15.5. The van der Waals surface area contributed by atoms with E-state index in [1.165, 1.54) is 45.8 Å². The van der Waals surface area contributed by atoms with Gasteiger partial charge in [-0.2, -0.15) is 0 Å². The maximum absolute atomic E-state index is 14.3. The number of rotatable bonds is 19. The minimum absolute atomic E-state index is 0.0673. The van der Waals surface area contributed by atoms with Crippen LogP contribution in [0.5, 0.6) is 11.5 Å². The van der Waals surface area contributed by atoms with Crippen molar-refractivity contribution < 1.29 is 52.5 Å². The Morgan fingerprint density at radius 1 is 0.764 bits per heavy atom. The van der Waals surface area contributed by atoms with Crippen LogP contribution in [0.1, 0.15) is 106 Å². The number of amides is 6. The molecule has 17 nitrogen and oxygen atoms in total. The molecule has 17 heteroatoms. The van der Waals surface area contributed by atoms with Gasteiger partial charge in [0.1, 0.15) is 41.3 Å². The van der Waals surface area contributed by atoms with Crippen LogP contribution in [0.25, 0.3) is 22.3 Å². The van der Waals surface area contributed by atoms with Gasteiger partial charge in [0.2, 0.25) is 23.6 Å². The van der Waals surface area contributed by atoms with Crippen molar-refractivity contribution in [1.82, 2.24) is 31.5 Å². The lowest BCUT2D eigenvalue weighted by atomic mass is 9.93. The summed E-state index contributed by atoms with van der Waals surface area (Å²) in [6.07, 6.45) is 3.65. The number of hydrogen-bond donors (Lipinski definition) is 5. The molecule has 4 aromatic rings. The predicted octanol–water partition coefficient (Wildman–Crippen LogP) is 6.60. The second-order valence-corrected chi connectivity index (χ2v) is 18.8. The Hall–Kier alpha value is -7.43. The van der Waals surface area contributed by atoms with Gasteiger partial charge in [-0.15, -0.1) is 0 Å². The molecule has 0 unspecified atom stereocenters. The maximum atomic E-state index is 14.3. The second-order valence-electron chi connectivity index (χ2n) is 18.8. The summed E-state index contributed by atoms with van der Waals surface area (Å²) < 4.78 is 21.8. The second kappa shape index (κ2) is 26.1. The molecule has 0 radical (unpaired) electrons. The fraction of sp³-hybridized carbons (Fsp3) is 0.436. The first-order chi connectivity index (χ1) is 34.4. The lowest BCUT2D eigenvalue weighted by Crippen LogP contribution is -2.53. The average molecular weight is 991 g/mol. The zero-order valence-electron chi connectivity index (χ0n) is 42.9. The largest absolute Gasteiger partial charge is 0.496 e. The topological polar surface area (TPSA) is 220 Å². The van der Waals surface area contributed by atoms with Gasteiger partial charge in [-0.05, 0) is 124 Å². The maximum Gasteiger partial charge on any atom is 0.407 e. The van der Waals surface area contributed by atoms with Gasteiger partial charge < -0.3 is 50.4 Å². The first-order valence-corrected chi connectivity index (χ1v) is 24.4. The number of esters is 1. The van der Waals surface area contributed by atoms with Crippen molar-refractivity contribution >= 4 is 41.6 Å². The highest BCUT2D eigenvalue weighted by Crippen LogP contribution is 2.40. The summed E-state index contributed by atoms with van der Waals surface area (Å²) in [6.45, 7) is 9.05. The molecule has 0 aromatic heterocycles. The summed E-state index contributed by atoms with van der Waals surface area (Å²) in [5.41, 5.74) is 5.03. The van der Waals surface area contributed by atoms with Crippen LogP contribution >= 0.6 is 0 Å². The molecule has 386 valence electrons. The average Bonchev–Trinajstić information content (AvgIpc) is 3.36. The molecule has 1 aliphatic heterocycles. The zero-order chi connectivity index (χ0) is 52.5. The molecule has 0 saturated carbocycles. The molecular weight excluding hydrogens is 921 g/mol. The number of methoxy groups -OCH3 is 3. The molecule has 1 heterocycles. The van der Waals surface area contributed by atoms with Crippen LogP contribution in [-0.4, -0.2) is 112 Å². The minimum Gasteiger partial charge on any atom is -0.496 e. The van der Waals surface area contributed by atoms with E-state index in [1.54, 1.807) is 69.3 Å². The van der Waals surface area contributed by atoms with E-state index in [4.69, 9.17) is 18.9 Å². The van der Waals surface area contributed by atoms with Crippen molar-refractivity contribution in [2.24, 2.45) is 0 Å². The molecule has 6 amide bonds. The van der Waals surface area contributed by atoms with E-state index >= 15 is 0 Å². The number of ether oxygens (including phenoxy) is 4. The molecule has 0 spiro atoms. The molecule has 4 atom stereocenters. The van der Waals surface area contributed by atoms with Crippen molar-refractivity contribution in [3.8, 4) is 33.8 Å². The van der Waals surface area contributed by atoms with E-state index in [9.17, 15) is 33.6 Å². The van der Waals surface area contributed by atoms with Gasteiger partial charge in [0, 0.05) is 49.7 Å². The fourth-order valence-electron chi connectivity index (χ4n) is 8.26. The van der Waals surface area contributed by atoms with Crippen molar-refractivity contribution in [3.05, 3.63) is 107 Å². The molecule has 72 heavy (non-hydrogen) atoms. The first kappa shape index (κ1) is 55.5. The zero-order valence-corrected chi connectivity index (χ0v) is 42.9. The van der Waals surface area contributed by atoms with E-state index < -0.39 is 71.4 Å². The number of benzene rings is 4. The summed E-state index contributed by atoms with van der Waals surface area (Å²) in [5.74, 6) is -2.67. The van der Waals surface area contributed by atoms with Crippen molar-refractivity contribution in [1.29, 1.82) is 0 Å². The smallest absolute Gasteiger partial charge is 0.407 e. The molecule has 5 rings (SSSR count). The third-order valence-corrected chi connectivity index (χ3v) is 12.2. The summed E-state index contributed by atoms with van der Waals surface area (Å²) in [4.78, 5) is 95.9. The Kier molecular flexibility index (Phi) is 20.2. The number of nitrogens with one attached hydrogen (secondary N) is 5. The van der Waals surface area contributed by atoms with Crippen molar-refractivity contribution in [2.75, 3.05) is 41.5 Å². The lowest BCUT2D eigenvalue weighted by Gasteiger charge is -2.30. The number of likely N-dealkylation sites (N-methyl/N-ethyl adjacent to an activating group) is 1. The van der Waals surface area contributed by atoms with Crippen LogP contribution in [0.4, 0.5) is 4.79 Å². The van der Waals surface area contributed by atoms with Gasteiger partial charge in [0.15, 0.2) is 0 Å². The van der Waals surface area contributed by atoms with Gasteiger partial charge in [0.25, 0.3) is 5.91 Å². The number of unbranched alkanes of at least 4 members (excludes halogenated alkanes) is 2. The summed E-state index contributed by atoms with van der Waals surface area (Å²) in [5, 5.41) is 13.8. The normalized spacial score (nSPS) is 16.1. The molecule has 1 aliphatic rings. The molecular formula is C55H70N6O11. The lowest BCUT2D eigenvalue weighted by molar-refractivity contribution is -0.145. The van der Waals surface area contributed by atoms with Crippen LogP contribution in [0.3, 0.4) is 0 Å². The standard InChI is InChI=1S/C55H70N6O11/c1-10-11-14-35-16-19-37(20-17-35)38-21-23-39(24-22-38)50(64)59-43(15-12-13-29-57-54(68)72-55(3,4)5)51(65)56-30-28-47(62)61(6)48-40-25-27-46(70-8)42(33-40)41-31-36(18-26-45(41)69-7)32-44(53(67)71-9)60-49(63)34(2)58-52(48)66/h16-27,31,33-34,43-44,48H,10-15,28-30,32H2,1-9H3,(H,56,65)(H,57,68)(H,58,66)(H,59,64)(H,60,63)/t34-,43-,44-,48-/m0/s1. The predicted molar refractivity (Wildman–Crippen MR) is 273 cm³/mol. The van der Waals surface area contributed by atoms with Crippen LogP contribution in [0.2, 0.25) is 0 Å². The van der Waals surface area contributed by atoms with E-state index in [0.717, 1.165) is 30.4 Å². The number of aryl methyl sites for hydroxylation is 1. The van der Waals surface area contributed by atoms with Gasteiger partial charge >= 0.3 is 12.1 Å². The summed E-state index contributed by atoms with van der Waals surface area (Å²) >= 11 is 0. The number of carbonyl (C=O) groups is 7. The Bertz CT molecular complexity index is 2540. The van der Waals surface area contributed by atoms with Gasteiger partial charge in [-0.3, -0.25) is 24.0 Å². The van der Waals surface area contributed by atoms with Crippen molar-refractivity contribution in [2.45, 2.75) is 116 Å². The molecule has 0 fully saturated rings. The molecule has 5 N–H and O–H groups in total. The Balaban J connectivity index is 1.34. The third-order valence-electron chi connectivity index (χ3n) is 12.2. The van der Waals surface area contributed by atoms with E-state index in [1.807, 2.05) is 12.1 Å². The van der Waals surface area contributed by atoms with Gasteiger partial charge in [-0.25, -0.2) is 9.59 Å². The quantitative estimate of drug-likeness (QED) is 0.0498. The van der Waals surface area contributed by atoms with Crippen LogP contribution in [0.15, 0.2) is 84.9 Å². The number of hydrogen-bond acceptors (Lipinski definition) is 11. The summed E-state index contributed by atoms with van der Waals surface area (Å²) in [7, 11) is 5.66. The monoisotopic (exact) mass is 991 g/mol. The van der Waals surface area contributed by atoms with Gasteiger partial charge in [0.05, 0.1) is 21.3 Å². The van der Waals surface area contributed by atoms with E-state index in [0.29, 0.717) is 52.2 Å². The highest BCUT2D eigenvalue weighted by atomic mass is 16.6. The number of nitrogens with zero attached hydrogens (tertiary/aromatic N) is 1. The fourth-order valence-corrected chi connectivity index (χ4v) is 8.26. The van der Waals surface area contributed by atoms with E-state index in [2.05, 4.69) is 57.8 Å². The summed E-state index contributed by atoms with van der Waals surface area (Å²) in [6, 6.07) is 21.2. The SMILES string of the molecule is CCCCc1ccc(-c2ccc(C(=O)N[C@@H](CCCCNC(=O)OC(C)(C)C)C(=O)NCCC(=O)N(C)[C@@H]3C(=O)N[C@@H](C)C(=O)N[C@H](C(=O)OC)Cc4ccc(OC)c(c4)-c4cc3ccc4OC)cc2)cc1. The van der Waals surface area contributed by atoms with Crippen LogP contribution in [-0.2, 0) is 46.3 Å². The molecule has 0 saturated heterocycles. The minimum atomic E-state index is -1.29. The molecule has 0 aliphatic carbocycles. The van der Waals surface area contributed by atoms with Crippen LogP contribution in [0, 0.1) is 0 Å². The van der Waals surface area contributed by atoms with Gasteiger partial charge in [-0.1, -0.05) is 61.9 Å². The highest BCUT2D eigenvalue weighted by Gasteiger charge is 2.34.